The van der Waals surface area contributed by atoms with E-state index in [1.807, 2.05) is 0 Å². The third kappa shape index (κ3) is 8.59. The van der Waals surface area contributed by atoms with Crippen molar-refractivity contribution in [1.82, 2.24) is 5.32 Å². The lowest BCUT2D eigenvalue weighted by Crippen LogP contribution is -2.38. The number of aromatic hydroxyl groups is 1. The Balaban J connectivity index is 2.13. The fraction of sp³-hybridized carbons (Fsp3) is 0.562. The van der Waals surface area contributed by atoms with Crippen molar-refractivity contribution in [3.63, 3.8) is 0 Å². The largest absolute Gasteiger partial charge is 0.508 e. The highest BCUT2D eigenvalue weighted by molar-refractivity contribution is 7.91. The van der Waals surface area contributed by atoms with Gasteiger partial charge in [-0.05, 0) is 37.1 Å². The fourth-order valence-electron chi connectivity index (χ4n) is 2.10. The van der Waals surface area contributed by atoms with Gasteiger partial charge in [-0.25, -0.2) is 8.42 Å². The second-order valence-electron chi connectivity index (χ2n) is 5.60. The van der Waals surface area contributed by atoms with Gasteiger partial charge in [-0.2, -0.15) is 13.2 Å². The highest BCUT2D eigenvalue weighted by Crippen LogP contribution is 2.21. The van der Waals surface area contributed by atoms with Crippen LogP contribution < -0.4 is 5.32 Å². The first-order chi connectivity index (χ1) is 12.5. The van der Waals surface area contributed by atoms with Gasteiger partial charge in [0.05, 0.1) is 30.5 Å². The first kappa shape index (κ1) is 23.2. The number of ether oxygens (including phenoxy) is 2. The smallest absolute Gasteiger partial charge is 0.471 e. The Labute approximate surface area is 155 Å². The van der Waals surface area contributed by atoms with Crippen LogP contribution in [-0.4, -0.2) is 64.3 Å². The van der Waals surface area contributed by atoms with Crippen molar-refractivity contribution >= 4 is 15.7 Å². The molecule has 0 radical (unpaired) electrons. The number of hydrogen-bond acceptors (Lipinski definition) is 6. The molecule has 0 aliphatic heterocycles. The van der Waals surface area contributed by atoms with E-state index in [-0.39, 0.29) is 55.8 Å². The molecule has 1 aromatic rings. The molecule has 154 valence electrons. The van der Waals surface area contributed by atoms with Crippen LogP contribution in [0.4, 0.5) is 13.2 Å². The normalized spacial score (nSPS) is 12.1. The Morgan fingerprint density at radius 3 is 2.37 bits per heavy atom. The van der Waals surface area contributed by atoms with Gasteiger partial charge in [0, 0.05) is 13.2 Å². The molecule has 0 atom stereocenters. The van der Waals surface area contributed by atoms with E-state index >= 15 is 0 Å². The summed E-state index contributed by atoms with van der Waals surface area (Å²) in [5.41, 5.74) is 0.460. The van der Waals surface area contributed by atoms with Gasteiger partial charge in [0.25, 0.3) is 0 Å². The molecule has 0 unspecified atom stereocenters. The van der Waals surface area contributed by atoms with Crippen molar-refractivity contribution < 1.29 is 41.0 Å². The Hall–Kier alpha value is -1.85. The van der Waals surface area contributed by atoms with Gasteiger partial charge in [-0.1, -0.05) is 0 Å². The first-order valence-electron chi connectivity index (χ1n) is 8.07. The summed E-state index contributed by atoms with van der Waals surface area (Å²) in [7, 11) is -3.49. The van der Waals surface area contributed by atoms with E-state index in [0.717, 1.165) is 0 Å². The summed E-state index contributed by atoms with van der Waals surface area (Å²) in [5, 5.41) is 11.0. The number of carbonyl (C=O) groups is 1. The van der Waals surface area contributed by atoms with Crippen LogP contribution in [0.15, 0.2) is 23.1 Å². The van der Waals surface area contributed by atoms with Crippen LogP contribution in [-0.2, 0) is 24.1 Å². The lowest BCUT2D eigenvalue weighted by atomic mass is 10.2. The Kier molecular flexibility index (Phi) is 9.00. The number of nitrogens with one attached hydrogen (secondary N) is 1. The van der Waals surface area contributed by atoms with E-state index in [2.05, 4.69) is 0 Å². The highest BCUT2D eigenvalue weighted by atomic mass is 32.2. The number of phenolic OH excluding ortho intramolecular Hbond substituents is 1. The summed E-state index contributed by atoms with van der Waals surface area (Å²) in [6, 6.07) is 4.04. The molecule has 0 bridgehead atoms. The van der Waals surface area contributed by atoms with Gasteiger partial charge < -0.3 is 19.9 Å². The predicted octanol–water partition coefficient (Wildman–Crippen LogP) is 1.58. The van der Waals surface area contributed by atoms with Crippen LogP contribution in [0.3, 0.4) is 0 Å². The van der Waals surface area contributed by atoms with Crippen molar-refractivity contribution in [3.8, 4) is 5.75 Å². The van der Waals surface area contributed by atoms with Crippen LogP contribution in [0.25, 0.3) is 0 Å². The number of hydrogen-bond donors (Lipinski definition) is 2. The molecule has 11 heteroatoms. The molecule has 0 saturated carbocycles. The third-order valence-electron chi connectivity index (χ3n) is 3.36. The molecular formula is C16H22F3NO6S. The van der Waals surface area contributed by atoms with Gasteiger partial charge in [0.2, 0.25) is 0 Å². The molecule has 0 heterocycles. The number of rotatable bonds is 11. The maximum Gasteiger partial charge on any atom is 0.471 e. The molecule has 2 N–H and O–H groups in total. The number of phenols is 1. The second kappa shape index (κ2) is 10.5. The maximum atomic E-state index is 12.2. The average Bonchev–Trinajstić information content (AvgIpc) is 2.55. The maximum absolute atomic E-state index is 12.2. The summed E-state index contributed by atoms with van der Waals surface area (Å²) < 4.78 is 70.3. The Morgan fingerprint density at radius 2 is 1.78 bits per heavy atom. The fourth-order valence-corrected chi connectivity index (χ4v) is 3.65. The molecule has 1 rings (SSSR count). The van der Waals surface area contributed by atoms with Crippen molar-refractivity contribution in [2.75, 3.05) is 38.7 Å². The molecule has 0 fully saturated rings. The minimum Gasteiger partial charge on any atom is -0.508 e. The zero-order valence-corrected chi connectivity index (χ0v) is 15.5. The van der Waals surface area contributed by atoms with Gasteiger partial charge in [-0.15, -0.1) is 0 Å². The van der Waals surface area contributed by atoms with Crippen molar-refractivity contribution in [2.45, 2.75) is 24.4 Å². The van der Waals surface area contributed by atoms with Crippen molar-refractivity contribution in [3.05, 3.63) is 23.8 Å². The molecule has 27 heavy (non-hydrogen) atoms. The quantitative estimate of drug-likeness (QED) is 0.534. The molecule has 0 saturated heterocycles. The number of amides is 1. The summed E-state index contributed by atoms with van der Waals surface area (Å²) in [5.74, 6) is -2.15. The van der Waals surface area contributed by atoms with E-state index in [1.165, 1.54) is 18.2 Å². The predicted molar refractivity (Wildman–Crippen MR) is 90.2 cm³/mol. The highest BCUT2D eigenvalue weighted by Gasteiger charge is 2.38. The lowest BCUT2D eigenvalue weighted by Gasteiger charge is -2.09. The van der Waals surface area contributed by atoms with Gasteiger partial charge >= 0.3 is 12.1 Å². The third-order valence-corrected chi connectivity index (χ3v) is 5.31. The topological polar surface area (TPSA) is 102 Å². The molecule has 1 amide bonds. The summed E-state index contributed by atoms with van der Waals surface area (Å²) in [6.07, 6.45) is -4.66. The van der Waals surface area contributed by atoms with E-state index < -0.39 is 21.9 Å². The minimum absolute atomic E-state index is 0.00671. The van der Waals surface area contributed by atoms with Crippen LogP contribution in [0.5, 0.6) is 5.75 Å². The monoisotopic (exact) mass is 413 g/mol. The first-order valence-corrected chi connectivity index (χ1v) is 9.72. The molecule has 0 aliphatic rings. The SMILES string of the molecule is Cc1cc(O)ccc1S(=O)(=O)CCCOCCOCCNC(=O)C(F)(F)F. The molecule has 0 aliphatic carbocycles. The van der Waals surface area contributed by atoms with Crippen LogP contribution in [0.2, 0.25) is 0 Å². The number of halogens is 3. The number of sulfone groups is 1. The zero-order chi connectivity index (χ0) is 20.5. The number of benzene rings is 1. The van der Waals surface area contributed by atoms with E-state index in [9.17, 15) is 31.5 Å². The number of aryl methyl sites for hydroxylation is 1. The summed E-state index contributed by atoms with van der Waals surface area (Å²) in [4.78, 5) is 10.7. The van der Waals surface area contributed by atoms with Crippen molar-refractivity contribution in [2.24, 2.45) is 0 Å². The van der Waals surface area contributed by atoms with Crippen LogP contribution >= 0.6 is 0 Å². The van der Waals surface area contributed by atoms with E-state index in [0.29, 0.717) is 5.56 Å². The van der Waals surface area contributed by atoms with Crippen LogP contribution in [0, 0.1) is 6.92 Å². The number of carbonyl (C=O) groups excluding carboxylic acids is 1. The van der Waals surface area contributed by atoms with Gasteiger partial charge in [0.1, 0.15) is 5.75 Å². The van der Waals surface area contributed by atoms with E-state index in [1.54, 1.807) is 12.2 Å². The van der Waals surface area contributed by atoms with Gasteiger partial charge in [-0.3, -0.25) is 4.79 Å². The minimum atomic E-state index is -4.91. The lowest BCUT2D eigenvalue weighted by molar-refractivity contribution is -0.173. The molecule has 0 aromatic heterocycles. The summed E-state index contributed by atoms with van der Waals surface area (Å²) in [6.45, 7) is 1.64. The van der Waals surface area contributed by atoms with E-state index in [4.69, 9.17) is 9.47 Å². The molecule has 7 nitrogen and oxygen atoms in total. The van der Waals surface area contributed by atoms with Crippen LogP contribution in [0.1, 0.15) is 12.0 Å². The number of alkyl halides is 3. The van der Waals surface area contributed by atoms with Gasteiger partial charge in [0.15, 0.2) is 9.84 Å². The Bertz CT molecular complexity index is 721. The summed E-state index contributed by atoms with van der Waals surface area (Å²) >= 11 is 0. The molecule has 1 aromatic carbocycles. The average molecular weight is 413 g/mol. The zero-order valence-electron chi connectivity index (χ0n) is 14.7. The second-order valence-corrected chi connectivity index (χ2v) is 7.68. The molecular weight excluding hydrogens is 391 g/mol. The van der Waals surface area contributed by atoms with Crippen molar-refractivity contribution in [1.29, 1.82) is 0 Å². The standard InChI is InChI=1S/C16H22F3NO6S/c1-12-11-13(21)3-4-14(12)27(23,24)10-2-6-25-8-9-26-7-5-20-15(22)16(17,18)19/h3-4,11,21H,2,5-10H2,1H3,(H,20,22). The Morgan fingerprint density at radius 1 is 1.15 bits per heavy atom. The molecule has 0 spiro atoms.